The Morgan fingerprint density at radius 1 is 1.18 bits per heavy atom. The minimum atomic E-state index is -1.07. The first kappa shape index (κ1) is 17.8. The summed E-state index contributed by atoms with van der Waals surface area (Å²) in [5, 5.41) is 9.00. The summed E-state index contributed by atoms with van der Waals surface area (Å²) in [4.78, 5) is 27.4. The number of aliphatic imine (C=N–C) groups is 1. The number of pyridine rings is 1. The molecule has 2 aromatic heterocycles. The first-order chi connectivity index (χ1) is 13.6. The molecule has 0 unspecified atom stereocenters. The van der Waals surface area contributed by atoms with Crippen molar-refractivity contribution in [1.82, 2.24) is 4.40 Å². The van der Waals surface area contributed by atoms with Crippen LogP contribution in [-0.2, 0) is 22.4 Å². The smallest absolute Gasteiger partial charge is 0.341 e. The van der Waals surface area contributed by atoms with Gasteiger partial charge in [0.1, 0.15) is 11.5 Å². The molecule has 0 spiro atoms. The number of benzene rings is 1. The van der Waals surface area contributed by atoms with Gasteiger partial charge in [0.05, 0.1) is 5.52 Å². The summed E-state index contributed by atoms with van der Waals surface area (Å²) in [6, 6.07) is 13.5. The first-order valence-corrected chi connectivity index (χ1v) is 8.94. The monoisotopic (exact) mass is 377 g/mol. The molecule has 0 saturated heterocycles. The van der Waals surface area contributed by atoms with Crippen LogP contribution in [0.2, 0.25) is 0 Å². The minimum absolute atomic E-state index is 0.212. The number of fused-ring (bicyclic) bond motifs is 3. The second-order valence-electron chi connectivity index (χ2n) is 6.58. The Morgan fingerprint density at radius 3 is 2.68 bits per heavy atom. The summed E-state index contributed by atoms with van der Waals surface area (Å²) in [5.74, 6) is -1.29. The van der Waals surface area contributed by atoms with Gasteiger partial charge in [0.25, 0.3) is 5.91 Å². The summed E-state index contributed by atoms with van der Waals surface area (Å²) >= 11 is 0. The minimum Gasteiger partial charge on any atom is -0.480 e. The summed E-state index contributed by atoms with van der Waals surface area (Å²) in [6.45, 7) is 0.00591. The van der Waals surface area contributed by atoms with E-state index < -0.39 is 18.5 Å². The Morgan fingerprint density at radius 2 is 1.96 bits per heavy atom. The van der Waals surface area contributed by atoms with Crippen LogP contribution in [0.15, 0.2) is 53.7 Å². The largest absolute Gasteiger partial charge is 0.480 e. The predicted octanol–water partition coefficient (Wildman–Crippen LogP) is 1.82. The molecule has 0 fully saturated rings. The van der Waals surface area contributed by atoms with Crippen LogP contribution in [0.25, 0.3) is 5.52 Å². The summed E-state index contributed by atoms with van der Waals surface area (Å²) in [5.41, 5.74) is 10.2. The molecule has 1 aliphatic rings. The van der Waals surface area contributed by atoms with Crippen LogP contribution in [-0.4, -0.2) is 40.2 Å². The highest BCUT2D eigenvalue weighted by Gasteiger charge is 2.29. The van der Waals surface area contributed by atoms with Crippen molar-refractivity contribution in [2.24, 2.45) is 10.7 Å². The van der Waals surface area contributed by atoms with Gasteiger partial charge in [-0.15, -0.1) is 0 Å². The molecule has 28 heavy (non-hydrogen) atoms. The van der Waals surface area contributed by atoms with Gasteiger partial charge < -0.3 is 20.0 Å². The van der Waals surface area contributed by atoms with Gasteiger partial charge in [0, 0.05) is 30.4 Å². The van der Waals surface area contributed by atoms with E-state index in [1.165, 1.54) is 0 Å². The van der Waals surface area contributed by atoms with Crippen molar-refractivity contribution in [3.05, 3.63) is 71.0 Å². The number of primary amides is 1. The predicted molar refractivity (Wildman–Crippen MR) is 104 cm³/mol. The molecule has 142 valence electrons. The van der Waals surface area contributed by atoms with Crippen LogP contribution in [0, 0.1) is 0 Å². The molecule has 7 nitrogen and oxygen atoms in total. The standard InChI is InChI=1S/C21H19N3O4/c22-21(27)19-18-14(8-9-23-19)15(11-13-5-2-1-3-6-13)24-10-4-7-16(20(18)24)28-12-17(25)26/h1-7,10H,8-9,11-12H2,(H2,22,27)(H,25,26). The third-order valence-corrected chi connectivity index (χ3v) is 4.80. The number of rotatable bonds is 6. The fourth-order valence-corrected chi connectivity index (χ4v) is 3.71. The van der Waals surface area contributed by atoms with Crippen molar-refractivity contribution < 1.29 is 19.4 Å². The van der Waals surface area contributed by atoms with Crippen LogP contribution >= 0.6 is 0 Å². The fourth-order valence-electron chi connectivity index (χ4n) is 3.71. The van der Waals surface area contributed by atoms with Crippen molar-refractivity contribution in [1.29, 1.82) is 0 Å². The Labute approximate surface area is 161 Å². The van der Waals surface area contributed by atoms with Gasteiger partial charge in [-0.2, -0.15) is 0 Å². The lowest BCUT2D eigenvalue weighted by atomic mass is 9.96. The number of amides is 1. The highest BCUT2D eigenvalue weighted by Crippen LogP contribution is 2.34. The second kappa shape index (κ2) is 7.19. The van der Waals surface area contributed by atoms with Gasteiger partial charge in [0.15, 0.2) is 6.61 Å². The lowest BCUT2D eigenvalue weighted by Gasteiger charge is -2.13. The Kier molecular flexibility index (Phi) is 4.57. The van der Waals surface area contributed by atoms with E-state index in [4.69, 9.17) is 15.6 Å². The molecule has 4 rings (SSSR count). The third-order valence-electron chi connectivity index (χ3n) is 4.80. The van der Waals surface area contributed by atoms with Crippen LogP contribution in [0.3, 0.4) is 0 Å². The molecule has 0 aliphatic carbocycles. The van der Waals surface area contributed by atoms with E-state index in [0.717, 1.165) is 16.8 Å². The highest BCUT2D eigenvalue weighted by molar-refractivity contribution is 6.47. The summed E-state index contributed by atoms with van der Waals surface area (Å²) < 4.78 is 7.47. The number of carbonyl (C=O) groups is 2. The number of nitrogens with two attached hydrogens (primary N) is 1. The number of nitrogens with zero attached hydrogens (tertiary/aromatic N) is 2. The third kappa shape index (κ3) is 3.11. The van der Waals surface area contributed by atoms with Crippen LogP contribution in [0.5, 0.6) is 5.75 Å². The number of carboxylic acid groups (broad SMARTS) is 1. The van der Waals surface area contributed by atoms with Gasteiger partial charge in [-0.1, -0.05) is 30.3 Å². The number of ether oxygens (including phenoxy) is 1. The molecule has 1 amide bonds. The molecule has 0 atom stereocenters. The van der Waals surface area contributed by atoms with Crippen molar-refractivity contribution in [2.45, 2.75) is 12.8 Å². The zero-order valence-corrected chi connectivity index (χ0v) is 15.1. The average Bonchev–Trinajstić information content (AvgIpc) is 3.01. The van der Waals surface area contributed by atoms with E-state index in [2.05, 4.69) is 4.99 Å². The van der Waals surface area contributed by atoms with E-state index in [0.29, 0.717) is 36.2 Å². The SMILES string of the molecule is NC(=O)C1=NCCc2c1c1c(OCC(=O)O)cccn1c2Cc1ccccc1. The fraction of sp³-hybridized carbons (Fsp3) is 0.190. The molecule has 7 heteroatoms. The molecule has 0 bridgehead atoms. The maximum Gasteiger partial charge on any atom is 0.341 e. The lowest BCUT2D eigenvalue weighted by Crippen LogP contribution is -2.28. The van der Waals surface area contributed by atoms with Crippen molar-refractivity contribution >= 4 is 23.1 Å². The Bertz CT molecular complexity index is 1100. The molecular weight excluding hydrogens is 358 g/mol. The molecule has 1 aromatic carbocycles. The van der Waals surface area contributed by atoms with Gasteiger partial charge in [0.2, 0.25) is 0 Å². The lowest BCUT2D eigenvalue weighted by molar-refractivity contribution is -0.139. The quantitative estimate of drug-likeness (QED) is 0.683. The number of carboxylic acids is 1. The topological polar surface area (TPSA) is 106 Å². The molecular formula is C21H19N3O4. The number of aliphatic carboxylic acids is 1. The Balaban J connectivity index is 1.95. The van der Waals surface area contributed by atoms with Gasteiger partial charge in [-0.25, -0.2) is 4.79 Å². The maximum absolute atomic E-state index is 12.1. The number of aromatic nitrogens is 1. The molecule has 0 saturated carbocycles. The van der Waals surface area contributed by atoms with Crippen LogP contribution in [0.4, 0.5) is 0 Å². The second-order valence-corrected chi connectivity index (χ2v) is 6.58. The Hall–Kier alpha value is -3.61. The molecule has 3 heterocycles. The average molecular weight is 377 g/mol. The summed E-state index contributed by atoms with van der Waals surface area (Å²) in [6.07, 6.45) is 3.22. The number of carbonyl (C=O) groups excluding carboxylic acids is 1. The van der Waals surface area contributed by atoms with Gasteiger partial charge in [-0.3, -0.25) is 9.79 Å². The zero-order valence-electron chi connectivity index (χ0n) is 15.1. The van der Waals surface area contributed by atoms with Crippen molar-refractivity contribution in [3.8, 4) is 5.75 Å². The maximum atomic E-state index is 12.1. The van der Waals surface area contributed by atoms with E-state index in [1.54, 1.807) is 12.1 Å². The van der Waals surface area contributed by atoms with E-state index >= 15 is 0 Å². The van der Waals surface area contributed by atoms with Crippen molar-refractivity contribution in [3.63, 3.8) is 0 Å². The zero-order chi connectivity index (χ0) is 19.7. The normalized spacial score (nSPS) is 13.1. The number of hydrogen-bond donors (Lipinski definition) is 2. The van der Waals surface area contributed by atoms with Crippen LogP contribution < -0.4 is 10.5 Å². The summed E-state index contributed by atoms with van der Waals surface area (Å²) in [7, 11) is 0. The highest BCUT2D eigenvalue weighted by atomic mass is 16.5. The van der Waals surface area contributed by atoms with E-state index in [-0.39, 0.29) is 5.71 Å². The van der Waals surface area contributed by atoms with Crippen molar-refractivity contribution in [2.75, 3.05) is 13.2 Å². The van der Waals surface area contributed by atoms with Gasteiger partial charge in [-0.05, 0) is 29.7 Å². The van der Waals surface area contributed by atoms with Crippen LogP contribution in [0.1, 0.15) is 22.4 Å². The molecule has 3 aromatic rings. The van der Waals surface area contributed by atoms with E-state index in [9.17, 15) is 9.59 Å². The van der Waals surface area contributed by atoms with Gasteiger partial charge >= 0.3 is 5.97 Å². The molecule has 3 N–H and O–H groups in total. The number of hydrogen-bond acceptors (Lipinski definition) is 4. The van der Waals surface area contributed by atoms with E-state index in [1.807, 2.05) is 40.9 Å². The molecule has 0 radical (unpaired) electrons. The first-order valence-electron chi connectivity index (χ1n) is 8.94. The molecule has 1 aliphatic heterocycles.